The lowest BCUT2D eigenvalue weighted by Gasteiger charge is -2.13. The van der Waals surface area contributed by atoms with E-state index in [4.69, 9.17) is 9.47 Å². The summed E-state index contributed by atoms with van der Waals surface area (Å²) in [5, 5.41) is 3.70. The normalized spacial score (nSPS) is 11.0. The van der Waals surface area contributed by atoms with Crippen molar-refractivity contribution >= 4 is 16.8 Å². The Morgan fingerprint density at radius 1 is 1.15 bits per heavy atom. The molecule has 140 valence electrons. The van der Waals surface area contributed by atoms with Crippen molar-refractivity contribution in [3.05, 3.63) is 48.0 Å². The van der Waals surface area contributed by atoms with E-state index in [1.807, 2.05) is 32.0 Å². The van der Waals surface area contributed by atoms with Crippen molar-refractivity contribution in [1.29, 1.82) is 0 Å². The summed E-state index contributed by atoms with van der Waals surface area (Å²) in [5.74, 6) is 1.11. The molecule has 0 fully saturated rings. The van der Waals surface area contributed by atoms with Gasteiger partial charge in [0.15, 0.2) is 5.82 Å². The van der Waals surface area contributed by atoms with Gasteiger partial charge in [-0.1, -0.05) is 0 Å². The molecular weight excluding hydrogens is 344 g/mol. The number of nitrogens with zero attached hydrogens (tertiary/aromatic N) is 3. The maximum absolute atomic E-state index is 12.7. The molecule has 27 heavy (non-hydrogen) atoms. The van der Waals surface area contributed by atoms with Gasteiger partial charge in [-0.15, -0.1) is 0 Å². The third-order valence-corrected chi connectivity index (χ3v) is 3.96. The molecule has 7 heteroatoms. The second-order valence-corrected chi connectivity index (χ2v) is 6.39. The smallest absolute Gasteiger partial charge is 0.252 e. The largest absolute Gasteiger partial charge is 0.497 e. The summed E-state index contributed by atoms with van der Waals surface area (Å²) in [7, 11) is 3.19. The number of ether oxygens (including phenoxy) is 2. The monoisotopic (exact) mass is 366 g/mol. The number of aromatic nitrogens is 3. The Labute approximate surface area is 157 Å². The van der Waals surface area contributed by atoms with Crippen LogP contribution in [0.25, 0.3) is 22.2 Å². The molecule has 0 saturated heterocycles. The number of amides is 1. The topological polar surface area (TPSA) is 86.2 Å². The van der Waals surface area contributed by atoms with E-state index in [2.05, 4.69) is 20.3 Å². The Hall–Kier alpha value is -3.06. The molecular formula is C20H22N4O3. The summed E-state index contributed by atoms with van der Waals surface area (Å²) in [6.45, 7) is 4.19. The summed E-state index contributed by atoms with van der Waals surface area (Å²) in [6, 6.07) is 7.27. The maximum atomic E-state index is 12.7. The molecule has 3 aromatic rings. The number of hydrogen-bond donors (Lipinski definition) is 1. The van der Waals surface area contributed by atoms with E-state index in [1.165, 1.54) is 0 Å². The highest BCUT2D eigenvalue weighted by molar-refractivity contribution is 6.07. The number of carbonyl (C=O) groups is 1. The second kappa shape index (κ2) is 8.09. The predicted octanol–water partition coefficient (Wildman–Crippen LogP) is 2.99. The van der Waals surface area contributed by atoms with Gasteiger partial charge in [0.1, 0.15) is 12.4 Å². The first-order valence-corrected chi connectivity index (χ1v) is 8.61. The lowest BCUT2D eigenvalue weighted by molar-refractivity contribution is 0.0944. The first-order chi connectivity index (χ1) is 13.0. The Morgan fingerprint density at radius 2 is 1.89 bits per heavy atom. The third kappa shape index (κ3) is 4.20. The van der Waals surface area contributed by atoms with Crippen LogP contribution in [0.2, 0.25) is 0 Å². The van der Waals surface area contributed by atoms with E-state index >= 15 is 0 Å². The van der Waals surface area contributed by atoms with Crippen molar-refractivity contribution in [3.63, 3.8) is 0 Å². The summed E-state index contributed by atoms with van der Waals surface area (Å²) >= 11 is 0. The molecule has 1 amide bonds. The van der Waals surface area contributed by atoms with Crippen molar-refractivity contribution in [2.75, 3.05) is 14.2 Å². The van der Waals surface area contributed by atoms with Crippen molar-refractivity contribution in [1.82, 2.24) is 20.3 Å². The van der Waals surface area contributed by atoms with Gasteiger partial charge in [-0.2, -0.15) is 0 Å². The Kier molecular flexibility index (Phi) is 5.61. The number of fused-ring (bicyclic) bond motifs is 1. The third-order valence-electron chi connectivity index (χ3n) is 3.96. The van der Waals surface area contributed by atoms with Gasteiger partial charge in [0.2, 0.25) is 0 Å². The van der Waals surface area contributed by atoms with Crippen LogP contribution in [0.5, 0.6) is 5.75 Å². The first kappa shape index (κ1) is 18.7. The van der Waals surface area contributed by atoms with Crippen LogP contribution in [0.3, 0.4) is 0 Å². The summed E-state index contributed by atoms with van der Waals surface area (Å²) < 4.78 is 10.3. The molecule has 7 nitrogen and oxygen atoms in total. The minimum Gasteiger partial charge on any atom is -0.497 e. The number of benzene rings is 1. The number of hydrogen-bond acceptors (Lipinski definition) is 6. The molecule has 0 bridgehead atoms. The fourth-order valence-corrected chi connectivity index (χ4v) is 2.70. The van der Waals surface area contributed by atoms with Crippen molar-refractivity contribution in [2.45, 2.75) is 26.5 Å². The van der Waals surface area contributed by atoms with Gasteiger partial charge >= 0.3 is 0 Å². The highest BCUT2D eigenvalue weighted by Crippen LogP contribution is 2.27. The van der Waals surface area contributed by atoms with Crippen LogP contribution in [-0.4, -0.2) is 41.1 Å². The molecule has 3 rings (SSSR count). The van der Waals surface area contributed by atoms with Crippen LogP contribution in [0.4, 0.5) is 0 Å². The number of rotatable bonds is 6. The number of pyridine rings is 1. The quantitative estimate of drug-likeness (QED) is 0.722. The Balaban J connectivity index is 2.13. The summed E-state index contributed by atoms with van der Waals surface area (Å²) in [6.07, 6.45) is 3.36. The fourth-order valence-electron chi connectivity index (χ4n) is 2.70. The van der Waals surface area contributed by atoms with Crippen molar-refractivity contribution in [2.24, 2.45) is 0 Å². The molecule has 1 N–H and O–H groups in total. The SMILES string of the molecule is COCc1ncc(-c2cc(C(=O)NC(C)C)c3ccc(OC)cc3n2)cn1. The van der Waals surface area contributed by atoms with E-state index < -0.39 is 0 Å². The average Bonchev–Trinajstić information content (AvgIpc) is 2.67. The molecule has 2 heterocycles. The number of nitrogens with one attached hydrogen (secondary N) is 1. The molecule has 0 saturated carbocycles. The van der Waals surface area contributed by atoms with Crippen molar-refractivity contribution < 1.29 is 14.3 Å². The van der Waals surface area contributed by atoms with E-state index in [0.29, 0.717) is 35.0 Å². The molecule has 0 spiro atoms. The Morgan fingerprint density at radius 3 is 2.52 bits per heavy atom. The van der Waals surface area contributed by atoms with Gasteiger partial charge in [0.25, 0.3) is 5.91 Å². The molecule has 1 aromatic carbocycles. The molecule has 2 aromatic heterocycles. The van der Waals surface area contributed by atoms with E-state index in [9.17, 15) is 4.79 Å². The summed E-state index contributed by atoms with van der Waals surface area (Å²) in [4.78, 5) is 26.0. The molecule has 0 radical (unpaired) electrons. The molecule has 0 aliphatic rings. The highest BCUT2D eigenvalue weighted by atomic mass is 16.5. The maximum Gasteiger partial charge on any atom is 0.252 e. The summed E-state index contributed by atoms with van der Waals surface area (Å²) in [5.41, 5.74) is 2.56. The van der Waals surface area contributed by atoms with Crippen LogP contribution in [-0.2, 0) is 11.3 Å². The fraction of sp³-hybridized carbons (Fsp3) is 0.300. The van der Waals surface area contributed by atoms with Crippen LogP contribution >= 0.6 is 0 Å². The van der Waals surface area contributed by atoms with E-state index in [0.717, 1.165) is 10.9 Å². The van der Waals surface area contributed by atoms with Crippen LogP contribution in [0, 0.1) is 0 Å². The van der Waals surface area contributed by atoms with Gasteiger partial charge in [-0.05, 0) is 32.0 Å². The van der Waals surface area contributed by atoms with Gasteiger partial charge in [-0.25, -0.2) is 15.0 Å². The average molecular weight is 366 g/mol. The minimum atomic E-state index is -0.152. The standard InChI is InChI=1S/C20H22N4O3/c1-12(2)23-20(25)16-8-17(13-9-21-19(11-26-3)22-10-13)24-18-7-14(27-4)5-6-15(16)18/h5-10,12H,11H2,1-4H3,(H,23,25). The van der Waals surface area contributed by atoms with Gasteiger partial charge in [0.05, 0.1) is 23.9 Å². The van der Waals surface area contributed by atoms with E-state index in [-0.39, 0.29) is 11.9 Å². The lowest BCUT2D eigenvalue weighted by Crippen LogP contribution is -2.30. The van der Waals surface area contributed by atoms with Crippen LogP contribution in [0.15, 0.2) is 36.7 Å². The molecule has 0 aliphatic carbocycles. The molecule has 0 atom stereocenters. The van der Waals surface area contributed by atoms with E-state index in [1.54, 1.807) is 32.7 Å². The number of methoxy groups -OCH3 is 2. The highest BCUT2D eigenvalue weighted by Gasteiger charge is 2.16. The minimum absolute atomic E-state index is 0.0269. The Bertz CT molecular complexity index is 955. The zero-order valence-electron chi connectivity index (χ0n) is 15.8. The molecule has 0 aliphatic heterocycles. The predicted molar refractivity (Wildman–Crippen MR) is 103 cm³/mol. The van der Waals surface area contributed by atoms with Gasteiger partial charge in [0, 0.05) is 42.6 Å². The van der Waals surface area contributed by atoms with Gasteiger partial charge < -0.3 is 14.8 Å². The lowest BCUT2D eigenvalue weighted by atomic mass is 10.0. The van der Waals surface area contributed by atoms with Crippen molar-refractivity contribution in [3.8, 4) is 17.0 Å². The van der Waals surface area contributed by atoms with Crippen LogP contribution in [0.1, 0.15) is 30.0 Å². The zero-order valence-corrected chi connectivity index (χ0v) is 15.8. The molecule has 0 unspecified atom stereocenters. The second-order valence-electron chi connectivity index (χ2n) is 6.39. The zero-order chi connectivity index (χ0) is 19.4. The van der Waals surface area contributed by atoms with Crippen LogP contribution < -0.4 is 10.1 Å². The first-order valence-electron chi connectivity index (χ1n) is 8.61. The number of carbonyl (C=O) groups excluding carboxylic acids is 1. The van der Waals surface area contributed by atoms with Gasteiger partial charge in [-0.3, -0.25) is 4.79 Å².